The molecular weight excluding hydrogens is 368 g/mol. The van der Waals surface area contributed by atoms with Crippen molar-refractivity contribution in [2.24, 2.45) is 0 Å². The van der Waals surface area contributed by atoms with Crippen LogP contribution in [0.1, 0.15) is 48.9 Å². The lowest BCUT2D eigenvalue weighted by Crippen LogP contribution is -2.29. The molecule has 0 aromatic heterocycles. The lowest BCUT2D eigenvalue weighted by atomic mass is 10.0. The molecule has 1 saturated heterocycles. The van der Waals surface area contributed by atoms with Gasteiger partial charge < -0.3 is 4.90 Å². The van der Waals surface area contributed by atoms with Gasteiger partial charge in [0.25, 0.3) is 5.91 Å². The van der Waals surface area contributed by atoms with Gasteiger partial charge in [0.15, 0.2) is 0 Å². The summed E-state index contributed by atoms with van der Waals surface area (Å²) in [7, 11) is -3.64. The smallest absolute Gasteiger partial charge is 0.255 e. The lowest BCUT2D eigenvalue weighted by molar-refractivity contribution is 0.0789. The zero-order valence-electron chi connectivity index (χ0n) is 15.2. The van der Waals surface area contributed by atoms with Crippen LogP contribution in [0.15, 0.2) is 39.6 Å². The van der Waals surface area contributed by atoms with Crippen LogP contribution >= 0.6 is 11.8 Å². The number of allylic oxidation sites excluding steroid dienone is 1. The SMILES string of the molecule is CSc1ccc(S(=O)(=O)NCC2=CCCCC2)cc1C(=O)N1CCCC1. The fourth-order valence-electron chi connectivity index (χ4n) is 3.45. The number of carbonyl (C=O) groups excluding carboxylic acids is 1. The number of nitrogens with zero attached hydrogens (tertiary/aromatic N) is 1. The van der Waals surface area contributed by atoms with Gasteiger partial charge in [0.05, 0.1) is 10.5 Å². The molecule has 0 saturated carbocycles. The maximum absolute atomic E-state index is 12.8. The Balaban J connectivity index is 1.81. The topological polar surface area (TPSA) is 66.5 Å². The highest BCUT2D eigenvalue weighted by molar-refractivity contribution is 7.98. The molecule has 3 rings (SSSR count). The normalized spacial score (nSPS) is 18.0. The number of hydrogen-bond donors (Lipinski definition) is 1. The molecule has 2 aliphatic rings. The Morgan fingerprint density at radius 3 is 2.62 bits per heavy atom. The number of nitrogens with one attached hydrogen (secondary N) is 1. The maximum Gasteiger partial charge on any atom is 0.255 e. The van der Waals surface area contributed by atoms with Gasteiger partial charge in [0.1, 0.15) is 0 Å². The first-order valence-corrected chi connectivity index (χ1v) is 11.9. The zero-order chi connectivity index (χ0) is 18.6. The third kappa shape index (κ3) is 4.50. The van der Waals surface area contributed by atoms with Crippen LogP contribution in [0.5, 0.6) is 0 Å². The van der Waals surface area contributed by atoms with Crippen LogP contribution < -0.4 is 4.72 Å². The third-order valence-electron chi connectivity index (χ3n) is 4.98. The summed E-state index contributed by atoms with van der Waals surface area (Å²) in [4.78, 5) is 15.6. The number of amides is 1. The highest BCUT2D eigenvalue weighted by Gasteiger charge is 2.24. The highest BCUT2D eigenvalue weighted by atomic mass is 32.2. The fourth-order valence-corrected chi connectivity index (χ4v) is 5.08. The van der Waals surface area contributed by atoms with Crippen LogP contribution in [-0.4, -0.2) is 45.1 Å². The van der Waals surface area contributed by atoms with E-state index in [9.17, 15) is 13.2 Å². The molecule has 142 valence electrons. The summed E-state index contributed by atoms with van der Waals surface area (Å²) in [6.45, 7) is 1.84. The molecule has 1 fully saturated rings. The number of likely N-dealkylation sites (tertiary alicyclic amines) is 1. The van der Waals surface area contributed by atoms with Gasteiger partial charge in [-0.25, -0.2) is 13.1 Å². The van der Waals surface area contributed by atoms with Crippen LogP contribution in [0.25, 0.3) is 0 Å². The fraction of sp³-hybridized carbons (Fsp3) is 0.526. The molecule has 1 N–H and O–H groups in total. The van der Waals surface area contributed by atoms with Crippen LogP contribution in [0.4, 0.5) is 0 Å². The molecular formula is C19H26N2O3S2. The number of thioether (sulfide) groups is 1. The summed E-state index contributed by atoms with van der Waals surface area (Å²) in [5, 5.41) is 0. The Morgan fingerprint density at radius 1 is 1.19 bits per heavy atom. The van der Waals surface area contributed by atoms with E-state index in [-0.39, 0.29) is 10.8 Å². The minimum absolute atomic E-state index is 0.0705. The average Bonchev–Trinajstić information content (AvgIpc) is 3.21. The Hall–Kier alpha value is -1.31. The van der Waals surface area contributed by atoms with E-state index in [1.54, 1.807) is 12.1 Å². The summed E-state index contributed by atoms with van der Waals surface area (Å²) >= 11 is 1.47. The highest BCUT2D eigenvalue weighted by Crippen LogP contribution is 2.26. The number of sulfonamides is 1. The number of benzene rings is 1. The predicted octanol–water partition coefficient (Wildman–Crippen LogP) is 3.42. The number of rotatable bonds is 6. The van der Waals surface area contributed by atoms with Crippen LogP contribution in [0, 0.1) is 0 Å². The minimum atomic E-state index is -3.64. The van der Waals surface area contributed by atoms with E-state index in [1.165, 1.54) is 24.2 Å². The quantitative estimate of drug-likeness (QED) is 0.593. The zero-order valence-corrected chi connectivity index (χ0v) is 16.8. The molecule has 0 unspecified atom stereocenters. The first kappa shape index (κ1) is 19.5. The molecule has 1 aromatic carbocycles. The first-order chi connectivity index (χ1) is 12.5. The van der Waals surface area contributed by atoms with Crippen molar-refractivity contribution in [1.29, 1.82) is 0 Å². The van der Waals surface area contributed by atoms with Crippen molar-refractivity contribution in [3.8, 4) is 0 Å². The third-order valence-corrected chi connectivity index (χ3v) is 7.17. The molecule has 1 amide bonds. The van der Waals surface area contributed by atoms with Crippen molar-refractivity contribution in [1.82, 2.24) is 9.62 Å². The van der Waals surface area contributed by atoms with Gasteiger partial charge in [-0.2, -0.15) is 0 Å². The second kappa shape index (κ2) is 8.59. The maximum atomic E-state index is 12.8. The molecule has 5 nitrogen and oxygen atoms in total. The van der Waals surface area contributed by atoms with E-state index >= 15 is 0 Å². The van der Waals surface area contributed by atoms with Gasteiger partial charge >= 0.3 is 0 Å². The van der Waals surface area contributed by atoms with E-state index in [0.29, 0.717) is 12.1 Å². The second-order valence-corrected chi connectivity index (χ2v) is 9.41. The molecule has 26 heavy (non-hydrogen) atoms. The van der Waals surface area contributed by atoms with Crippen LogP contribution in [0.3, 0.4) is 0 Å². The number of hydrogen-bond acceptors (Lipinski definition) is 4. The van der Waals surface area contributed by atoms with E-state index in [0.717, 1.165) is 55.7 Å². The summed E-state index contributed by atoms with van der Waals surface area (Å²) in [6, 6.07) is 4.86. The van der Waals surface area contributed by atoms with Crippen molar-refractivity contribution in [2.45, 2.75) is 48.3 Å². The van der Waals surface area contributed by atoms with Gasteiger partial charge in [-0.3, -0.25) is 4.79 Å². The van der Waals surface area contributed by atoms with Gasteiger partial charge in [-0.05, 0) is 63.0 Å². The Bertz CT molecular complexity index is 797. The van der Waals surface area contributed by atoms with Crippen molar-refractivity contribution >= 4 is 27.7 Å². The molecule has 1 aliphatic carbocycles. The average molecular weight is 395 g/mol. The van der Waals surface area contributed by atoms with E-state index < -0.39 is 10.0 Å². The summed E-state index contributed by atoms with van der Waals surface area (Å²) in [5.41, 5.74) is 1.63. The molecule has 0 bridgehead atoms. The molecule has 0 spiro atoms. The lowest BCUT2D eigenvalue weighted by Gasteiger charge is -2.18. The molecule has 0 atom stereocenters. The number of carbonyl (C=O) groups is 1. The van der Waals surface area contributed by atoms with Crippen molar-refractivity contribution < 1.29 is 13.2 Å². The van der Waals surface area contributed by atoms with E-state index in [4.69, 9.17) is 0 Å². The Morgan fingerprint density at radius 2 is 1.96 bits per heavy atom. The Kier molecular flexibility index (Phi) is 6.42. The van der Waals surface area contributed by atoms with Crippen LogP contribution in [0.2, 0.25) is 0 Å². The summed E-state index contributed by atoms with van der Waals surface area (Å²) in [5.74, 6) is -0.0705. The summed E-state index contributed by atoms with van der Waals surface area (Å²) in [6.07, 6.45) is 10.3. The van der Waals surface area contributed by atoms with Crippen molar-refractivity contribution in [3.63, 3.8) is 0 Å². The van der Waals surface area contributed by atoms with Gasteiger partial charge in [-0.1, -0.05) is 11.6 Å². The summed E-state index contributed by atoms with van der Waals surface area (Å²) < 4.78 is 28.1. The Labute approximate surface area is 160 Å². The van der Waals surface area contributed by atoms with Crippen molar-refractivity contribution in [2.75, 3.05) is 25.9 Å². The predicted molar refractivity (Wildman–Crippen MR) is 105 cm³/mol. The van der Waals surface area contributed by atoms with Gasteiger partial charge in [0, 0.05) is 24.5 Å². The minimum Gasteiger partial charge on any atom is -0.339 e. The molecule has 1 aliphatic heterocycles. The molecule has 0 radical (unpaired) electrons. The van der Waals surface area contributed by atoms with Crippen LogP contribution in [-0.2, 0) is 10.0 Å². The second-order valence-electron chi connectivity index (χ2n) is 6.79. The van der Waals surface area contributed by atoms with Gasteiger partial charge in [0.2, 0.25) is 10.0 Å². The van der Waals surface area contributed by atoms with Crippen molar-refractivity contribution in [3.05, 3.63) is 35.4 Å². The monoisotopic (exact) mass is 394 g/mol. The largest absolute Gasteiger partial charge is 0.339 e. The van der Waals surface area contributed by atoms with E-state index in [2.05, 4.69) is 10.8 Å². The molecule has 1 aromatic rings. The van der Waals surface area contributed by atoms with Gasteiger partial charge in [-0.15, -0.1) is 11.8 Å². The molecule has 1 heterocycles. The van der Waals surface area contributed by atoms with E-state index in [1.807, 2.05) is 11.2 Å². The first-order valence-electron chi connectivity index (χ1n) is 9.16. The molecule has 7 heteroatoms. The standard InChI is InChI=1S/C19H26N2O3S2/c1-25-18-10-9-16(13-17(18)19(22)21-11-5-6-12-21)26(23,24)20-14-15-7-3-2-4-8-15/h7,9-10,13,20H,2-6,8,11-12,14H2,1H3.